The minimum atomic E-state index is -0.926. The number of piperidine rings is 1. The summed E-state index contributed by atoms with van der Waals surface area (Å²) in [5.74, 6) is 1.67. The molecule has 2 fully saturated rings. The number of hydrogen-bond acceptors (Lipinski definition) is 7. The first-order valence-corrected chi connectivity index (χ1v) is 16.0. The molecule has 2 atom stereocenters. The van der Waals surface area contributed by atoms with E-state index in [1.165, 1.54) is 4.90 Å². The summed E-state index contributed by atoms with van der Waals surface area (Å²) in [7, 11) is 1.20. The summed E-state index contributed by atoms with van der Waals surface area (Å²) in [6.07, 6.45) is 0.216. The minimum absolute atomic E-state index is 0.0549. The minimum Gasteiger partial charge on any atom is -0.496 e. The maximum absolute atomic E-state index is 11.8. The Balaban J connectivity index is 1.14. The summed E-state index contributed by atoms with van der Waals surface area (Å²) < 4.78 is 36.1. The molecule has 2 unspecified atom stereocenters. The SMILES string of the molecule is COc1ccccc1COCCCOc1ccc(C2CCN(C(=O)O)CC2OCc2cccc(B3OC(C)(C)C(C)(C)O3)c2)cc1. The van der Waals surface area contributed by atoms with Crippen molar-refractivity contribution in [2.24, 2.45) is 0 Å². The van der Waals surface area contributed by atoms with Gasteiger partial charge in [-0.1, -0.05) is 54.6 Å². The highest BCUT2D eigenvalue weighted by Gasteiger charge is 2.51. The van der Waals surface area contributed by atoms with Crippen LogP contribution in [0.25, 0.3) is 0 Å². The highest BCUT2D eigenvalue weighted by atomic mass is 16.7. The van der Waals surface area contributed by atoms with Crippen molar-refractivity contribution in [3.8, 4) is 11.5 Å². The van der Waals surface area contributed by atoms with Gasteiger partial charge in [0, 0.05) is 24.4 Å². The van der Waals surface area contributed by atoms with Crippen LogP contribution in [0.1, 0.15) is 63.1 Å². The topological polar surface area (TPSA) is 95.9 Å². The van der Waals surface area contributed by atoms with E-state index in [9.17, 15) is 9.90 Å². The van der Waals surface area contributed by atoms with Gasteiger partial charge >= 0.3 is 13.2 Å². The van der Waals surface area contributed by atoms with Gasteiger partial charge < -0.3 is 38.3 Å². The molecule has 0 aliphatic carbocycles. The fourth-order valence-corrected chi connectivity index (χ4v) is 5.82. The van der Waals surface area contributed by atoms with Crippen LogP contribution in [0.4, 0.5) is 4.79 Å². The standard InChI is InChI=1S/C36H46BNO8/c1-35(2)36(3,4)46-37(45-35)29-12-8-10-26(22-29)24-44-33-23-38(34(39)40)19-18-31(33)27-14-16-30(17-15-27)43-21-9-20-42-25-28-11-6-7-13-32(28)41-5/h6-8,10-17,22,31,33H,9,18-21,23-25H2,1-5H3,(H,39,40). The Morgan fingerprint density at radius 1 is 0.957 bits per heavy atom. The van der Waals surface area contributed by atoms with E-state index in [-0.39, 0.29) is 12.0 Å². The lowest BCUT2D eigenvalue weighted by Crippen LogP contribution is -2.46. The summed E-state index contributed by atoms with van der Waals surface area (Å²) in [6.45, 7) is 10.9. The highest BCUT2D eigenvalue weighted by molar-refractivity contribution is 6.62. The maximum Gasteiger partial charge on any atom is 0.494 e. The Kier molecular flexibility index (Phi) is 10.9. The van der Waals surface area contributed by atoms with Crippen molar-refractivity contribution in [3.63, 3.8) is 0 Å². The van der Waals surface area contributed by atoms with Crippen molar-refractivity contribution in [3.05, 3.63) is 89.5 Å². The van der Waals surface area contributed by atoms with E-state index in [0.717, 1.165) is 40.1 Å². The van der Waals surface area contributed by atoms with Gasteiger partial charge in [-0.3, -0.25) is 0 Å². The van der Waals surface area contributed by atoms with Crippen LogP contribution in [0.2, 0.25) is 0 Å². The molecule has 0 bridgehead atoms. The first-order chi connectivity index (χ1) is 22.1. The van der Waals surface area contributed by atoms with E-state index in [1.807, 2.05) is 88.4 Å². The van der Waals surface area contributed by atoms with Gasteiger partial charge in [-0.2, -0.15) is 0 Å². The largest absolute Gasteiger partial charge is 0.496 e. The molecule has 1 amide bonds. The third kappa shape index (κ3) is 8.23. The summed E-state index contributed by atoms with van der Waals surface area (Å²) in [6, 6.07) is 23.9. The fraction of sp³-hybridized carbons (Fsp3) is 0.472. The second-order valence-electron chi connectivity index (χ2n) is 12.9. The molecule has 9 nitrogen and oxygen atoms in total. The lowest BCUT2D eigenvalue weighted by atomic mass is 9.78. The highest BCUT2D eigenvalue weighted by Crippen LogP contribution is 2.37. The first-order valence-electron chi connectivity index (χ1n) is 16.0. The summed E-state index contributed by atoms with van der Waals surface area (Å²) >= 11 is 0. The van der Waals surface area contributed by atoms with Crippen molar-refractivity contribution in [2.75, 3.05) is 33.4 Å². The van der Waals surface area contributed by atoms with Crippen LogP contribution in [-0.2, 0) is 32.0 Å². The third-order valence-electron chi connectivity index (χ3n) is 9.23. The molecule has 2 saturated heterocycles. The molecule has 46 heavy (non-hydrogen) atoms. The number of nitrogens with zero attached hydrogens (tertiary/aromatic N) is 1. The second-order valence-corrected chi connectivity index (χ2v) is 12.9. The molecule has 3 aromatic rings. The molecule has 2 heterocycles. The summed E-state index contributed by atoms with van der Waals surface area (Å²) in [5, 5.41) is 9.71. The van der Waals surface area contributed by atoms with Crippen LogP contribution in [0.5, 0.6) is 11.5 Å². The van der Waals surface area contributed by atoms with Gasteiger partial charge in [-0.05, 0) is 68.9 Å². The molecule has 0 spiro atoms. The molecule has 0 aromatic heterocycles. The quantitative estimate of drug-likeness (QED) is 0.181. The number of rotatable bonds is 13. The molecule has 2 aliphatic heterocycles. The van der Waals surface area contributed by atoms with Crippen molar-refractivity contribution in [1.82, 2.24) is 4.90 Å². The molecular formula is C36H46BNO8. The Morgan fingerprint density at radius 3 is 2.41 bits per heavy atom. The molecule has 3 aromatic carbocycles. The van der Waals surface area contributed by atoms with Crippen LogP contribution in [0, 0.1) is 0 Å². The number of benzene rings is 3. The predicted molar refractivity (Wildman–Crippen MR) is 177 cm³/mol. The van der Waals surface area contributed by atoms with Gasteiger partial charge in [0.05, 0.1) is 57.4 Å². The van der Waals surface area contributed by atoms with Gasteiger partial charge in [-0.15, -0.1) is 0 Å². The average Bonchev–Trinajstić information content (AvgIpc) is 3.28. The number of amides is 1. The van der Waals surface area contributed by atoms with E-state index in [4.69, 9.17) is 28.3 Å². The number of hydrogen-bond donors (Lipinski definition) is 1. The van der Waals surface area contributed by atoms with E-state index in [1.54, 1.807) is 7.11 Å². The Hall–Kier alpha value is -3.57. The molecule has 246 valence electrons. The zero-order valence-electron chi connectivity index (χ0n) is 27.6. The van der Waals surface area contributed by atoms with Crippen molar-refractivity contribution < 1.29 is 38.2 Å². The number of carboxylic acid groups (broad SMARTS) is 1. The Bertz CT molecular complexity index is 1430. The molecule has 5 rings (SSSR count). The number of para-hydroxylation sites is 1. The number of likely N-dealkylation sites (tertiary alicyclic amines) is 1. The van der Waals surface area contributed by atoms with Crippen molar-refractivity contribution in [1.29, 1.82) is 0 Å². The third-order valence-corrected chi connectivity index (χ3v) is 9.23. The lowest BCUT2D eigenvalue weighted by Gasteiger charge is -2.37. The smallest absolute Gasteiger partial charge is 0.494 e. The van der Waals surface area contributed by atoms with Crippen LogP contribution < -0.4 is 14.9 Å². The number of carbonyl (C=O) groups is 1. The normalized spacial score (nSPS) is 20.5. The van der Waals surface area contributed by atoms with Gasteiger partial charge in [0.15, 0.2) is 0 Å². The van der Waals surface area contributed by atoms with Gasteiger partial charge in [-0.25, -0.2) is 4.79 Å². The molecule has 0 saturated carbocycles. The number of ether oxygens (including phenoxy) is 4. The second kappa shape index (κ2) is 14.9. The van der Waals surface area contributed by atoms with E-state index >= 15 is 0 Å². The van der Waals surface area contributed by atoms with Gasteiger partial charge in [0.2, 0.25) is 0 Å². The number of methoxy groups -OCH3 is 1. The zero-order chi connectivity index (χ0) is 32.7. The van der Waals surface area contributed by atoms with E-state index in [0.29, 0.717) is 45.9 Å². The van der Waals surface area contributed by atoms with Crippen LogP contribution in [0.3, 0.4) is 0 Å². The van der Waals surface area contributed by atoms with Gasteiger partial charge in [0.25, 0.3) is 0 Å². The Labute approximate surface area is 272 Å². The molecular weight excluding hydrogens is 585 g/mol. The lowest BCUT2D eigenvalue weighted by molar-refractivity contribution is -0.0199. The van der Waals surface area contributed by atoms with Crippen LogP contribution in [0.15, 0.2) is 72.8 Å². The van der Waals surface area contributed by atoms with Crippen LogP contribution >= 0.6 is 0 Å². The molecule has 10 heteroatoms. The molecule has 2 aliphatic rings. The van der Waals surface area contributed by atoms with Crippen molar-refractivity contribution >= 4 is 18.7 Å². The zero-order valence-corrected chi connectivity index (χ0v) is 27.6. The molecule has 1 N–H and O–H groups in total. The summed E-state index contributed by atoms with van der Waals surface area (Å²) in [4.78, 5) is 13.3. The Morgan fingerprint density at radius 2 is 1.70 bits per heavy atom. The summed E-state index contributed by atoms with van der Waals surface area (Å²) in [5.41, 5.74) is 3.19. The predicted octanol–water partition coefficient (Wildman–Crippen LogP) is 6.03. The monoisotopic (exact) mass is 631 g/mol. The molecule has 0 radical (unpaired) electrons. The van der Waals surface area contributed by atoms with Gasteiger partial charge in [0.1, 0.15) is 11.5 Å². The van der Waals surface area contributed by atoms with E-state index in [2.05, 4.69) is 12.1 Å². The van der Waals surface area contributed by atoms with E-state index < -0.39 is 24.4 Å². The maximum atomic E-state index is 11.8. The first kappa shape index (κ1) is 33.8. The van der Waals surface area contributed by atoms with Crippen LogP contribution in [-0.4, -0.2) is 73.9 Å². The fourth-order valence-electron chi connectivity index (χ4n) is 5.82. The van der Waals surface area contributed by atoms with Crippen molar-refractivity contribution in [2.45, 2.75) is 77.0 Å². The average molecular weight is 632 g/mol.